The lowest BCUT2D eigenvalue weighted by Gasteiger charge is -2.01. The van der Waals surface area contributed by atoms with E-state index in [2.05, 4.69) is 10.5 Å². The monoisotopic (exact) mass is 310 g/mol. The van der Waals surface area contributed by atoms with Crippen LogP contribution in [0, 0.1) is 5.82 Å². The third-order valence-corrected chi connectivity index (χ3v) is 6.35. The van der Waals surface area contributed by atoms with Gasteiger partial charge in [-0.15, -0.1) is 11.3 Å². The number of fused-ring (bicyclic) bond motifs is 1. The molecule has 7 heteroatoms. The van der Waals surface area contributed by atoms with Crippen molar-refractivity contribution < 1.29 is 12.8 Å². The maximum atomic E-state index is 12.8. The Morgan fingerprint density at radius 1 is 1.20 bits per heavy atom. The van der Waals surface area contributed by atoms with Gasteiger partial charge >= 0.3 is 0 Å². The van der Waals surface area contributed by atoms with Crippen molar-refractivity contribution in [1.29, 1.82) is 0 Å². The SMILES string of the molecule is O=S1(=O)CCc2c1scc/c2=N\Nc1ccc(F)cc1. The van der Waals surface area contributed by atoms with Crippen LogP contribution in [-0.4, -0.2) is 14.2 Å². The summed E-state index contributed by atoms with van der Waals surface area (Å²) in [6.07, 6.45) is 0.485. The molecule has 0 unspecified atom stereocenters. The Morgan fingerprint density at radius 3 is 2.70 bits per heavy atom. The van der Waals surface area contributed by atoms with E-state index in [-0.39, 0.29) is 11.6 Å². The number of nitrogens with one attached hydrogen (secondary N) is 1. The zero-order chi connectivity index (χ0) is 14.2. The number of benzene rings is 1. The van der Waals surface area contributed by atoms with Gasteiger partial charge in [-0.05, 0) is 42.1 Å². The molecule has 0 radical (unpaired) electrons. The Labute approximate surface area is 119 Å². The number of sulfone groups is 1. The van der Waals surface area contributed by atoms with Gasteiger partial charge < -0.3 is 0 Å². The van der Waals surface area contributed by atoms with Gasteiger partial charge in [0.25, 0.3) is 0 Å². The average Bonchev–Trinajstić information content (AvgIpc) is 2.75. The lowest BCUT2D eigenvalue weighted by molar-refractivity contribution is 0.601. The van der Waals surface area contributed by atoms with Crippen LogP contribution >= 0.6 is 11.3 Å². The molecule has 0 fully saturated rings. The number of rotatable bonds is 2. The second-order valence-electron chi connectivity index (χ2n) is 4.37. The summed E-state index contributed by atoms with van der Waals surface area (Å²) in [6.45, 7) is 0. The molecule has 0 aliphatic carbocycles. The minimum absolute atomic E-state index is 0.141. The van der Waals surface area contributed by atoms with Gasteiger partial charge in [-0.25, -0.2) is 12.8 Å². The van der Waals surface area contributed by atoms with E-state index >= 15 is 0 Å². The topological polar surface area (TPSA) is 58.5 Å². The van der Waals surface area contributed by atoms with Crippen LogP contribution < -0.4 is 10.8 Å². The van der Waals surface area contributed by atoms with Crippen molar-refractivity contribution in [2.75, 3.05) is 11.2 Å². The Balaban J connectivity index is 1.98. The maximum Gasteiger partial charge on any atom is 0.188 e. The summed E-state index contributed by atoms with van der Waals surface area (Å²) in [5.41, 5.74) is 4.22. The minimum Gasteiger partial charge on any atom is -0.278 e. The van der Waals surface area contributed by atoms with Crippen LogP contribution in [0.3, 0.4) is 0 Å². The Morgan fingerprint density at radius 2 is 1.95 bits per heavy atom. The average molecular weight is 310 g/mol. The zero-order valence-electron chi connectivity index (χ0n) is 10.3. The van der Waals surface area contributed by atoms with Crippen molar-refractivity contribution >= 4 is 26.9 Å². The molecule has 104 valence electrons. The van der Waals surface area contributed by atoms with Gasteiger partial charge in [-0.1, -0.05) is 0 Å². The molecular formula is C13H11FN2O2S2. The van der Waals surface area contributed by atoms with Crippen LogP contribution in [0.25, 0.3) is 0 Å². The van der Waals surface area contributed by atoms with Crippen molar-refractivity contribution in [2.24, 2.45) is 5.10 Å². The Kier molecular flexibility index (Phi) is 3.31. The molecule has 0 atom stereocenters. The summed E-state index contributed by atoms with van der Waals surface area (Å²) in [5, 5.41) is 6.54. The molecule has 2 aromatic rings. The van der Waals surface area contributed by atoms with Crippen LogP contribution in [0.1, 0.15) is 5.56 Å². The van der Waals surface area contributed by atoms with Crippen molar-refractivity contribution in [3.05, 3.63) is 52.4 Å². The van der Waals surface area contributed by atoms with Gasteiger partial charge in [0.05, 0.1) is 16.8 Å². The molecule has 0 saturated carbocycles. The third kappa shape index (κ3) is 2.46. The lowest BCUT2D eigenvalue weighted by Crippen LogP contribution is -2.10. The zero-order valence-corrected chi connectivity index (χ0v) is 12.0. The summed E-state index contributed by atoms with van der Waals surface area (Å²) >= 11 is 1.22. The molecule has 2 heterocycles. The highest BCUT2D eigenvalue weighted by molar-refractivity contribution is 7.93. The van der Waals surface area contributed by atoms with E-state index in [0.29, 0.717) is 21.7 Å². The predicted octanol–water partition coefficient (Wildman–Crippen LogP) is 2.14. The largest absolute Gasteiger partial charge is 0.278 e. The van der Waals surface area contributed by atoms with E-state index in [1.807, 2.05) is 0 Å². The van der Waals surface area contributed by atoms with Gasteiger partial charge in [0, 0.05) is 5.56 Å². The maximum absolute atomic E-state index is 12.8. The Bertz CT molecular complexity index is 811. The summed E-state index contributed by atoms with van der Waals surface area (Å²) in [4.78, 5) is 0. The molecule has 1 N–H and O–H groups in total. The molecule has 0 spiro atoms. The highest BCUT2D eigenvalue weighted by Gasteiger charge is 2.27. The normalized spacial score (nSPS) is 16.9. The fraction of sp³-hybridized carbons (Fsp3) is 0.154. The quantitative estimate of drug-likeness (QED) is 0.865. The van der Waals surface area contributed by atoms with Crippen LogP contribution in [0.4, 0.5) is 10.1 Å². The molecule has 1 aliphatic heterocycles. The first kappa shape index (κ1) is 13.3. The summed E-state index contributed by atoms with van der Waals surface area (Å²) < 4.78 is 36.8. The molecule has 1 aliphatic rings. The van der Waals surface area contributed by atoms with Crippen LogP contribution in [0.5, 0.6) is 0 Å². The molecule has 20 heavy (non-hydrogen) atoms. The van der Waals surface area contributed by atoms with Gasteiger partial charge in [-0.3, -0.25) is 5.43 Å². The second kappa shape index (κ2) is 4.99. The van der Waals surface area contributed by atoms with Crippen LogP contribution in [-0.2, 0) is 16.3 Å². The highest BCUT2D eigenvalue weighted by atomic mass is 32.2. The van der Waals surface area contributed by atoms with E-state index in [1.54, 1.807) is 23.6 Å². The molecular weight excluding hydrogens is 299 g/mol. The number of hydrogen-bond donors (Lipinski definition) is 1. The van der Waals surface area contributed by atoms with Gasteiger partial charge in [0.2, 0.25) is 0 Å². The molecule has 0 bridgehead atoms. The highest BCUT2D eigenvalue weighted by Crippen LogP contribution is 2.26. The fourth-order valence-electron chi connectivity index (χ4n) is 2.01. The predicted molar refractivity (Wildman–Crippen MR) is 75.7 cm³/mol. The third-order valence-electron chi connectivity index (χ3n) is 3.01. The smallest absolute Gasteiger partial charge is 0.188 e. The van der Waals surface area contributed by atoms with Gasteiger partial charge in [-0.2, -0.15) is 5.10 Å². The second-order valence-corrected chi connectivity index (χ2v) is 7.59. The first-order valence-corrected chi connectivity index (χ1v) is 8.48. The van der Waals surface area contributed by atoms with E-state index < -0.39 is 9.84 Å². The van der Waals surface area contributed by atoms with E-state index in [4.69, 9.17) is 0 Å². The van der Waals surface area contributed by atoms with Crippen LogP contribution in [0.15, 0.2) is 45.0 Å². The summed E-state index contributed by atoms with van der Waals surface area (Å²) in [7, 11) is -3.14. The van der Waals surface area contributed by atoms with Crippen molar-refractivity contribution in [3.8, 4) is 0 Å². The first-order chi connectivity index (χ1) is 9.56. The van der Waals surface area contributed by atoms with E-state index in [9.17, 15) is 12.8 Å². The molecule has 4 nitrogen and oxygen atoms in total. The standard InChI is InChI=1S/C13H11FN2O2S2/c14-9-1-3-10(4-2-9)15-16-12-5-7-19-13-11(12)6-8-20(13,17)18/h1-5,7,15H,6,8H2/b16-12+. The number of hydrogen-bond acceptors (Lipinski definition) is 5. The molecule has 3 rings (SSSR count). The summed E-state index contributed by atoms with van der Waals surface area (Å²) in [6, 6.07) is 7.59. The minimum atomic E-state index is -3.14. The lowest BCUT2D eigenvalue weighted by atomic mass is 10.2. The number of anilines is 1. The Hall–Kier alpha value is -1.73. The van der Waals surface area contributed by atoms with Gasteiger partial charge in [0.1, 0.15) is 10.0 Å². The van der Waals surface area contributed by atoms with Crippen LogP contribution in [0.2, 0.25) is 0 Å². The summed E-state index contributed by atoms with van der Waals surface area (Å²) in [5.74, 6) is -0.175. The molecule has 1 aromatic heterocycles. The van der Waals surface area contributed by atoms with Crippen molar-refractivity contribution in [1.82, 2.24) is 0 Å². The first-order valence-electron chi connectivity index (χ1n) is 5.95. The van der Waals surface area contributed by atoms with Gasteiger partial charge in [0.15, 0.2) is 9.84 Å². The van der Waals surface area contributed by atoms with Crippen molar-refractivity contribution in [2.45, 2.75) is 10.6 Å². The fourth-order valence-corrected chi connectivity index (χ4v) is 4.92. The number of halogens is 1. The molecule has 1 aromatic carbocycles. The van der Waals surface area contributed by atoms with E-state index in [1.165, 1.54) is 23.5 Å². The van der Waals surface area contributed by atoms with E-state index in [0.717, 1.165) is 5.56 Å². The molecule has 0 saturated heterocycles. The molecule has 0 amide bonds. The van der Waals surface area contributed by atoms with Crippen molar-refractivity contribution in [3.63, 3.8) is 0 Å². The number of nitrogens with zero attached hydrogens (tertiary/aromatic N) is 1.